The molecule has 2 amide bonds. The summed E-state index contributed by atoms with van der Waals surface area (Å²) in [6.07, 6.45) is -2.27. The number of alkyl halides is 3. The molecular formula is C23H26F3N5O8. The monoisotopic (exact) mass is 557 g/mol. The summed E-state index contributed by atoms with van der Waals surface area (Å²) in [6.45, 7) is 0.334. The number of hydrogen-bond donors (Lipinski definition) is 5. The van der Waals surface area contributed by atoms with Gasteiger partial charge in [-0.25, -0.2) is 9.78 Å². The maximum Gasteiger partial charge on any atom is 0.490 e. The minimum absolute atomic E-state index is 0.210. The molecule has 16 heteroatoms. The molecule has 212 valence electrons. The van der Waals surface area contributed by atoms with Crippen LogP contribution in [0.2, 0.25) is 0 Å². The summed E-state index contributed by atoms with van der Waals surface area (Å²) < 4.78 is 31.7. The third kappa shape index (κ3) is 13.9. The maximum atomic E-state index is 12.2. The molecule has 1 aromatic carbocycles. The van der Waals surface area contributed by atoms with Gasteiger partial charge in [-0.3, -0.25) is 24.5 Å². The standard InChI is InChI=1S/C21H25N5O6.C2HF3O2/c27-19(9-2-4-11-23-18-8-1-3-10-22-18)24-14-20(28)25-17(13-21(29)30)15-6-5-7-16(12-15)26(31)32;3-2(4,5)1(6)7/h1,3,5-8,10,12,17H,2,4,9,11,13-14H2,(H,22,23)(H,24,27)(H,25,28)(H,29,30);(H,6,7). The molecule has 13 nitrogen and oxygen atoms in total. The topological polar surface area (TPSA) is 201 Å². The molecular weight excluding hydrogens is 531 g/mol. The van der Waals surface area contributed by atoms with Crippen molar-refractivity contribution in [3.63, 3.8) is 0 Å². The molecule has 0 saturated heterocycles. The zero-order valence-corrected chi connectivity index (χ0v) is 20.3. The van der Waals surface area contributed by atoms with Gasteiger partial charge in [0.25, 0.3) is 5.69 Å². The van der Waals surface area contributed by atoms with Gasteiger partial charge in [0, 0.05) is 31.3 Å². The van der Waals surface area contributed by atoms with Gasteiger partial charge in [0.2, 0.25) is 11.8 Å². The third-order valence-electron chi connectivity index (χ3n) is 4.69. The van der Waals surface area contributed by atoms with E-state index in [1.165, 1.54) is 24.3 Å². The number of amides is 2. The van der Waals surface area contributed by atoms with Gasteiger partial charge in [-0.2, -0.15) is 13.2 Å². The molecule has 2 rings (SSSR count). The molecule has 0 aliphatic heterocycles. The number of hydrogen-bond acceptors (Lipinski definition) is 8. The number of halogens is 3. The quantitative estimate of drug-likeness (QED) is 0.138. The van der Waals surface area contributed by atoms with Crippen molar-refractivity contribution in [2.45, 2.75) is 37.9 Å². The lowest BCUT2D eigenvalue weighted by Crippen LogP contribution is -2.39. The molecule has 0 fully saturated rings. The second-order valence-corrected chi connectivity index (χ2v) is 7.75. The van der Waals surface area contributed by atoms with Gasteiger partial charge < -0.3 is 26.2 Å². The number of nitro groups is 1. The van der Waals surface area contributed by atoms with Crippen LogP contribution in [0.5, 0.6) is 0 Å². The van der Waals surface area contributed by atoms with Crippen molar-refractivity contribution in [2.24, 2.45) is 0 Å². The number of nitrogens with one attached hydrogen (secondary N) is 3. The molecule has 0 bridgehead atoms. The highest BCUT2D eigenvalue weighted by atomic mass is 19.4. The van der Waals surface area contributed by atoms with E-state index in [1.54, 1.807) is 6.20 Å². The normalized spacial score (nSPS) is 11.3. The number of non-ortho nitro benzene ring substituents is 1. The Balaban J connectivity index is 0.000000956. The van der Waals surface area contributed by atoms with Crippen molar-refractivity contribution < 1.29 is 47.5 Å². The Kier molecular flexibility index (Phi) is 13.4. The van der Waals surface area contributed by atoms with Crippen LogP contribution in [0.3, 0.4) is 0 Å². The molecule has 0 spiro atoms. The van der Waals surface area contributed by atoms with Crippen molar-refractivity contribution in [1.82, 2.24) is 15.6 Å². The smallest absolute Gasteiger partial charge is 0.481 e. The van der Waals surface area contributed by atoms with Gasteiger partial charge in [0.1, 0.15) is 5.82 Å². The number of aliphatic carboxylic acids is 2. The lowest BCUT2D eigenvalue weighted by Gasteiger charge is -2.17. The Morgan fingerprint density at radius 1 is 1.03 bits per heavy atom. The first kappa shape index (κ1) is 32.3. The number of anilines is 1. The molecule has 1 unspecified atom stereocenters. The van der Waals surface area contributed by atoms with E-state index in [-0.39, 0.29) is 24.6 Å². The number of nitro benzene ring substituents is 1. The number of unbranched alkanes of at least 4 members (excludes halogenated alkanes) is 1. The van der Waals surface area contributed by atoms with Crippen molar-refractivity contribution >= 4 is 35.3 Å². The van der Waals surface area contributed by atoms with Crippen molar-refractivity contribution in [2.75, 3.05) is 18.4 Å². The number of benzene rings is 1. The second-order valence-electron chi connectivity index (χ2n) is 7.75. The molecule has 2 aromatic rings. The first-order valence-electron chi connectivity index (χ1n) is 11.3. The van der Waals surface area contributed by atoms with E-state index in [1.807, 2.05) is 18.2 Å². The lowest BCUT2D eigenvalue weighted by molar-refractivity contribution is -0.384. The Bertz CT molecular complexity index is 1130. The summed E-state index contributed by atoms with van der Waals surface area (Å²) in [5, 5.41) is 35.3. The molecule has 1 aromatic heterocycles. The lowest BCUT2D eigenvalue weighted by atomic mass is 10.0. The van der Waals surface area contributed by atoms with Crippen molar-refractivity contribution in [3.8, 4) is 0 Å². The minimum Gasteiger partial charge on any atom is -0.481 e. The Morgan fingerprint density at radius 2 is 1.72 bits per heavy atom. The molecule has 1 atom stereocenters. The average Bonchev–Trinajstić information content (AvgIpc) is 2.87. The van der Waals surface area contributed by atoms with Crippen LogP contribution in [-0.2, 0) is 19.2 Å². The van der Waals surface area contributed by atoms with Gasteiger partial charge in [-0.05, 0) is 30.5 Å². The number of carboxylic acids is 2. The molecule has 0 aliphatic carbocycles. The minimum atomic E-state index is -5.08. The van der Waals surface area contributed by atoms with Crippen LogP contribution < -0.4 is 16.0 Å². The summed E-state index contributed by atoms with van der Waals surface area (Å²) >= 11 is 0. The summed E-state index contributed by atoms with van der Waals surface area (Å²) in [6, 6.07) is 9.97. The number of aromatic nitrogens is 1. The predicted octanol–water partition coefficient (Wildman–Crippen LogP) is 2.65. The van der Waals surface area contributed by atoms with E-state index >= 15 is 0 Å². The van der Waals surface area contributed by atoms with Gasteiger partial charge in [-0.1, -0.05) is 18.2 Å². The average molecular weight is 557 g/mol. The van der Waals surface area contributed by atoms with Crippen molar-refractivity contribution in [1.29, 1.82) is 0 Å². The van der Waals surface area contributed by atoms with E-state index in [9.17, 15) is 37.7 Å². The van der Waals surface area contributed by atoms with Crippen LogP contribution in [0, 0.1) is 10.1 Å². The van der Waals surface area contributed by atoms with E-state index < -0.39 is 41.4 Å². The van der Waals surface area contributed by atoms with Gasteiger partial charge in [0.05, 0.1) is 23.9 Å². The fraction of sp³-hybridized carbons (Fsp3) is 0.348. The molecule has 0 saturated carbocycles. The van der Waals surface area contributed by atoms with Crippen LogP contribution in [-0.4, -0.2) is 63.1 Å². The largest absolute Gasteiger partial charge is 0.490 e. The van der Waals surface area contributed by atoms with E-state index in [0.29, 0.717) is 18.5 Å². The maximum absolute atomic E-state index is 12.2. The summed E-state index contributed by atoms with van der Waals surface area (Å²) in [7, 11) is 0. The molecule has 1 heterocycles. The SMILES string of the molecule is O=C(O)C(F)(F)F.O=C(O)CC(NC(=O)CNC(=O)CCCCNc1ccccn1)c1cccc([N+](=O)[O-])c1. The molecule has 0 aliphatic rings. The number of rotatable bonds is 13. The fourth-order valence-corrected chi connectivity index (χ4v) is 2.89. The van der Waals surface area contributed by atoms with E-state index in [4.69, 9.17) is 15.0 Å². The number of nitrogens with zero attached hydrogens (tertiary/aromatic N) is 2. The van der Waals surface area contributed by atoms with Crippen LogP contribution in [0.1, 0.15) is 37.3 Å². The number of carboxylic acid groups (broad SMARTS) is 2. The van der Waals surface area contributed by atoms with Gasteiger partial charge in [0.15, 0.2) is 0 Å². The summed E-state index contributed by atoms with van der Waals surface area (Å²) in [4.78, 5) is 58.7. The van der Waals surface area contributed by atoms with Gasteiger partial charge >= 0.3 is 18.1 Å². The third-order valence-corrected chi connectivity index (χ3v) is 4.69. The molecule has 39 heavy (non-hydrogen) atoms. The van der Waals surface area contributed by atoms with Crippen molar-refractivity contribution in [3.05, 3.63) is 64.3 Å². The highest BCUT2D eigenvalue weighted by Gasteiger charge is 2.38. The van der Waals surface area contributed by atoms with Crippen LogP contribution >= 0.6 is 0 Å². The Labute approximate surface area is 219 Å². The number of carbonyl (C=O) groups is 4. The van der Waals surface area contributed by atoms with E-state index in [0.717, 1.165) is 12.2 Å². The first-order chi connectivity index (χ1) is 18.3. The zero-order valence-electron chi connectivity index (χ0n) is 20.3. The highest BCUT2D eigenvalue weighted by Crippen LogP contribution is 2.22. The predicted molar refractivity (Wildman–Crippen MR) is 130 cm³/mol. The van der Waals surface area contributed by atoms with Crippen LogP contribution in [0.25, 0.3) is 0 Å². The molecule has 0 radical (unpaired) electrons. The Morgan fingerprint density at radius 3 is 2.28 bits per heavy atom. The molecule has 5 N–H and O–H groups in total. The van der Waals surface area contributed by atoms with Crippen LogP contribution in [0.4, 0.5) is 24.7 Å². The van der Waals surface area contributed by atoms with Gasteiger partial charge in [-0.15, -0.1) is 0 Å². The summed E-state index contributed by atoms with van der Waals surface area (Å²) in [5.41, 5.74) is 0.0830. The Hall–Kier alpha value is -4.76. The number of pyridine rings is 1. The van der Waals surface area contributed by atoms with E-state index in [2.05, 4.69) is 20.9 Å². The second kappa shape index (κ2) is 16.2. The number of carbonyl (C=O) groups excluding carboxylic acids is 2. The zero-order chi connectivity index (χ0) is 29.4. The van der Waals surface area contributed by atoms with Crippen LogP contribution in [0.15, 0.2) is 48.7 Å². The summed E-state index contributed by atoms with van der Waals surface area (Å²) in [5.74, 6) is -4.07. The highest BCUT2D eigenvalue weighted by molar-refractivity contribution is 5.85. The fourth-order valence-electron chi connectivity index (χ4n) is 2.89. The first-order valence-corrected chi connectivity index (χ1v) is 11.3.